The van der Waals surface area contributed by atoms with Crippen LogP contribution < -0.4 is 15.5 Å². The number of piperazine rings is 1. The average molecular weight is 494 g/mol. The molecule has 7 nitrogen and oxygen atoms in total. The summed E-state index contributed by atoms with van der Waals surface area (Å²) in [5, 5.41) is 7.35. The molecule has 0 atom stereocenters. The van der Waals surface area contributed by atoms with Crippen LogP contribution in [0.1, 0.15) is 17.0 Å². The molecule has 34 heavy (non-hydrogen) atoms. The van der Waals surface area contributed by atoms with E-state index in [1.165, 1.54) is 5.69 Å². The van der Waals surface area contributed by atoms with E-state index in [4.69, 9.17) is 28.8 Å². The average Bonchev–Trinajstić information content (AvgIpc) is 2.80. The van der Waals surface area contributed by atoms with E-state index in [2.05, 4.69) is 54.7 Å². The highest BCUT2D eigenvalue weighted by Gasteiger charge is 2.21. The Bertz CT molecular complexity index is 1170. The standard InChI is InChI=1S/C25H28ClN7S/c1-17-9-10-22(21(26)15-17)29-25(34)31-24(30-23-27-18(2)16-19(3)28-23)33-13-11-32(12-14-33)20-7-5-4-6-8-20/h4-10,15-16H,11-14H2,1-3H3,(H2,27,28,29,30,31,34). The molecule has 0 spiro atoms. The number of para-hydroxylation sites is 1. The monoisotopic (exact) mass is 493 g/mol. The number of aromatic nitrogens is 2. The lowest BCUT2D eigenvalue weighted by Crippen LogP contribution is -2.51. The van der Waals surface area contributed by atoms with Gasteiger partial charge in [0, 0.05) is 43.3 Å². The van der Waals surface area contributed by atoms with Crippen LogP contribution in [0.3, 0.4) is 0 Å². The maximum Gasteiger partial charge on any atom is 0.229 e. The number of aliphatic imine (C=N–C) groups is 1. The quantitative estimate of drug-likeness (QED) is 0.301. The van der Waals surface area contributed by atoms with E-state index in [9.17, 15) is 0 Å². The Morgan fingerprint density at radius 2 is 1.59 bits per heavy atom. The van der Waals surface area contributed by atoms with Crippen molar-refractivity contribution >= 4 is 52.2 Å². The van der Waals surface area contributed by atoms with Crippen LogP contribution in [0, 0.1) is 20.8 Å². The third kappa shape index (κ3) is 6.21. The second-order valence-corrected chi connectivity index (χ2v) is 9.05. The zero-order chi connectivity index (χ0) is 24.1. The molecular formula is C25H28ClN7S. The van der Waals surface area contributed by atoms with Crippen molar-refractivity contribution < 1.29 is 0 Å². The molecular weight excluding hydrogens is 466 g/mol. The fraction of sp³-hybridized carbons (Fsp3) is 0.280. The van der Waals surface area contributed by atoms with Gasteiger partial charge in [-0.1, -0.05) is 35.9 Å². The number of benzene rings is 2. The summed E-state index contributed by atoms with van der Waals surface area (Å²) >= 11 is 11.9. The second-order valence-electron chi connectivity index (χ2n) is 8.26. The number of anilines is 3. The number of aryl methyl sites for hydroxylation is 3. The van der Waals surface area contributed by atoms with Crippen LogP contribution in [0.15, 0.2) is 59.6 Å². The summed E-state index contributed by atoms with van der Waals surface area (Å²) in [4.78, 5) is 18.3. The maximum absolute atomic E-state index is 6.38. The highest BCUT2D eigenvalue weighted by molar-refractivity contribution is 7.80. The number of hydrogen-bond acceptors (Lipinski definition) is 4. The first kappa shape index (κ1) is 23.9. The molecule has 0 aliphatic carbocycles. The zero-order valence-electron chi connectivity index (χ0n) is 19.5. The summed E-state index contributed by atoms with van der Waals surface area (Å²) in [6.45, 7) is 9.17. The number of thiocarbonyl (C=S) groups is 1. The number of nitrogens with one attached hydrogen (secondary N) is 2. The lowest BCUT2D eigenvalue weighted by atomic mass is 10.2. The Balaban J connectivity index is 1.54. The molecule has 4 rings (SSSR count). The predicted molar refractivity (Wildman–Crippen MR) is 145 cm³/mol. The molecule has 176 valence electrons. The van der Waals surface area contributed by atoms with Crippen molar-refractivity contribution in [3.8, 4) is 0 Å². The van der Waals surface area contributed by atoms with Crippen molar-refractivity contribution in [1.29, 1.82) is 0 Å². The van der Waals surface area contributed by atoms with Crippen LogP contribution in [-0.2, 0) is 0 Å². The molecule has 2 N–H and O–H groups in total. The third-order valence-electron chi connectivity index (χ3n) is 5.48. The molecule has 2 aromatic carbocycles. The smallest absolute Gasteiger partial charge is 0.229 e. The van der Waals surface area contributed by atoms with Crippen LogP contribution in [0.25, 0.3) is 0 Å². The number of halogens is 1. The van der Waals surface area contributed by atoms with Crippen LogP contribution in [0.5, 0.6) is 0 Å². The van der Waals surface area contributed by atoms with E-state index in [-0.39, 0.29) is 0 Å². The lowest BCUT2D eigenvalue weighted by Gasteiger charge is -2.37. The van der Waals surface area contributed by atoms with E-state index >= 15 is 0 Å². The predicted octanol–water partition coefficient (Wildman–Crippen LogP) is 5.04. The third-order valence-corrected chi connectivity index (χ3v) is 5.99. The minimum Gasteiger partial charge on any atom is -0.368 e. The van der Waals surface area contributed by atoms with Gasteiger partial charge in [-0.15, -0.1) is 0 Å². The molecule has 1 aromatic heterocycles. The Morgan fingerprint density at radius 1 is 0.912 bits per heavy atom. The molecule has 0 saturated carbocycles. The molecule has 1 fully saturated rings. The van der Waals surface area contributed by atoms with Gasteiger partial charge in [-0.3, -0.25) is 5.32 Å². The van der Waals surface area contributed by atoms with Gasteiger partial charge in [0.05, 0.1) is 10.7 Å². The fourth-order valence-electron chi connectivity index (χ4n) is 3.84. The highest BCUT2D eigenvalue weighted by Crippen LogP contribution is 2.23. The van der Waals surface area contributed by atoms with Gasteiger partial charge in [0.2, 0.25) is 17.0 Å². The first-order chi connectivity index (χ1) is 16.4. The van der Waals surface area contributed by atoms with Gasteiger partial charge in [-0.2, -0.15) is 4.99 Å². The molecule has 3 aromatic rings. The first-order valence-electron chi connectivity index (χ1n) is 11.2. The summed E-state index contributed by atoms with van der Waals surface area (Å²) in [6.07, 6.45) is 0. The van der Waals surface area contributed by atoms with Crippen molar-refractivity contribution in [2.75, 3.05) is 41.7 Å². The Morgan fingerprint density at radius 3 is 2.24 bits per heavy atom. The summed E-state index contributed by atoms with van der Waals surface area (Å²) in [6, 6.07) is 18.1. The molecule has 9 heteroatoms. The normalized spacial score (nSPS) is 14.2. The first-order valence-corrected chi connectivity index (χ1v) is 12.0. The zero-order valence-corrected chi connectivity index (χ0v) is 21.1. The topological polar surface area (TPSA) is 68.7 Å². The molecule has 0 amide bonds. The minimum atomic E-state index is 0.308. The van der Waals surface area contributed by atoms with Gasteiger partial charge in [0.25, 0.3) is 0 Å². The molecule has 1 saturated heterocycles. The highest BCUT2D eigenvalue weighted by atomic mass is 35.5. The van der Waals surface area contributed by atoms with E-state index in [1.54, 1.807) is 0 Å². The lowest BCUT2D eigenvalue weighted by molar-refractivity contribution is 0.385. The Kier molecular flexibility index (Phi) is 7.59. The molecule has 1 aliphatic heterocycles. The maximum atomic E-state index is 6.38. The van der Waals surface area contributed by atoms with Gasteiger partial charge in [-0.25, -0.2) is 9.97 Å². The fourth-order valence-corrected chi connectivity index (χ4v) is 4.31. The number of hydrogen-bond donors (Lipinski definition) is 2. The van der Waals surface area contributed by atoms with Crippen molar-refractivity contribution in [1.82, 2.24) is 14.9 Å². The van der Waals surface area contributed by atoms with Gasteiger partial charge in [0.1, 0.15) is 0 Å². The van der Waals surface area contributed by atoms with Crippen molar-refractivity contribution in [3.63, 3.8) is 0 Å². The van der Waals surface area contributed by atoms with E-state index in [0.717, 1.165) is 48.8 Å². The van der Waals surface area contributed by atoms with Crippen LogP contribution >= 0.6 is 23.8 Å². The molecule has 0 radical (unpaired) electrons. The number of nitrogens with zero attached hydrogens (tertiary/aromatic N) is 5. The van der Waals surface area contributed by atoms with E-state index in [0.29, 0.717) is 22.0 Å². The minimum absolute atomic E-state index is 0.308. The molecule has 0 bridgehead atoms. The van der Waals surface area contributed by atoms with E-state index in [1.807, 2.05) is 51.1 Å². The molecule has 0 unspecified atom stereocenters. The second kappa shape index (κ2) is 10.8. The number of guanidine groups is 1. The van der Waals surface area contributed by atoms with Gasteiger partial charge in [-0.05, 0) is 68.9 Å². The number of rotatable bonds is 3. The SMILES string of the molecule is Cc1ccc(NC(=S)/N=C(/Nc2nc(C)cc(C)n2)N2CCN(c3ccccc3)CC2)c(Cl)c1. The summed E-state index contributed by atoms with van der Waals surface area (Å²) in [5.41, 5.74) is 4.79. The molecule has 2 heterocycles. The van der Waals surface area contributed by atoms with Gasteiger partial charge in [0.15, 0.2) is 0 Å². The van der Waals surface area contributed by atoms with Gasteiger partial charge >= 0.3 is 0 Å². The summed E-state index contributed by atoms with van der Waals surface area (Å²) in [5.74, 6) is 1.11. The van der Waals surface area contributed by atoms with Crippen molar-refractivity contribution in [3.05, 3.63) is 76.6 Å². The van der Waals surface area contributed by atoms with Crippen LogP contribution in [0.4, 0.5) is 17.3 Å². The van der Waals surface area contributed by atoms with E-state index < -0.39 is 0 Å². The van der Waals surface area contributed by atoms with Crippen molar-refractivity contribution in [2.45, 2.75) is 20.8 Å². The van der Waals surface area contributed by atoms with Crippen LogP contribution in [0.2, 0.25) is 5.02 Å². The summed E-state index contributed by atoms with van der Waals surface area (Å²) < 4.78 is 0. The molecule has 1 aliphatic rings. The van der Waals surface area contributed by atoms with Crippen LogP contribution in [-0.4, -0.2) is 52.1 Å². The van der Waals surface area contributed by atoms with Crippen molar-refractivity contribution in [2.24, 2.45) is 4.99 Å². The Hall–Kier alpha value is -3.23. The Labute approximate surface area is 210 Å². The van der Waals surface area contributed by atoms with Gasteiger partial charge < -0.3 is 15.1 Å². The largest absolute Gasteiger partial charge is 0.368 e. The summed E-state index contributed by atoms with van der Waals surface area (Å²) in [7, 11) is 0.